The Labute approximate surface area is 62.7 Å². The second-order valence-electron chi connectivity index (χ2n) is 1.79. The molecule has 1 aromatic heterocycles. The first-order valence-electron chi connectivity index (χ1n) is 2.79. The molecule has 0 aliphatic heterocycles. The summed E-state index contributed by atoms with van der Waals surface area (Å²) in [6, 6.07) is 0. The minimum Gasteiger partial charge on any atom is -0.414 e. The fourth-order valence-corrected chi connectivity index (χ4v) is 1.19. The number of hydrogen-bond donors (Lipinski definition) is 0. The van der Waals surface area contributed by atoms with E-state index < -0.39 is 0 Å². The van der Waals surface area contributed by atoms with Crippen LogP contribution in [-0.4, -0.2) is 11.0 Å². The van der Waals surface area contributed by atoms with Gasteiger partial charge in [0.25, 0.3) is 0 Å². The fraction of sp³-hybridized carbons (Fsp3) is 0.333. The Morgan fingerprint density at radius 3 is 2.90 bits per heavy atom. The zero-order chi connectivity index (χ0) is 7.56. The van der Waals surface area contributed by atoms with Gasteiger partial charge in [-0.15, -0.1) is 0 Å². The molecule has 0 amide bonds. The smallest absolute Gasteiger partial charge is 0.308 e. The van der Waals surface area contributed by atoms with Crippen molar-refractivity contribution in [2.45, 2.75) is 13.8 Å². The van der Waals surface area contributed by atoms with Gasteiger partial charge in [-0.3, -0.25) is 4.79 Å². The maximum Gasteiger partial charge on any atom is 0.308 e. The molecule has 0 aromatic carbocycles. The normalized spacial score (nSPS) is 9.40. The third-order valence-electron chi connectivity index (χ3n) is 0.844. The molecule has 0 aliphatic carbocycles. The van der Waals surface area contributed by atoms with E-state index in [4.69, 9.17) is 4.74 Å². The van der Waals surface area contributed by atoms with Crippen molar-refractivity contribution in [2.75, 3.05) is 0 Å². The number of carbonyl (C=O) groups is 1. The van der Waals surface area contributed by atoms with Crippen molar-refractivity contribution in [2.24, 2.45) is 0 Å². The maximum absolute atomic E-state index is 10.4. The van der Waals surface area contributed by atoms with Gasteiger partial charge >= 0.3 is 5.97 Å². The fourth-order valence-electron chi connectivity index (χ4n) is 0.531. The average molecular weight is 157 g/mol. The first-order valence-corrected chi connectivity index (χ1v) is 3.61. The summed E-state index contributed by atoms with van der Waals surface area (Å²) in [6.45, 7) is 3.23. The Hall–Kier alpha value is -0.900. The van der Waals surface area contributed by atoms with Gasteiger partial charge in [0.2, 0.25) is 5.06 Å². The van der Waals surface area contributed by atoms with E-state index in [1.165, 1.54) is 18.3 Å². The summed E-state index contributed by atoms with van der Waals surface area (Å²) in [5.41, 5.74) is 0. The highest BCUT2D eigenvalue weighted by molar-refractivity contribution is 7.13. The van der Waals surface area contributed by atoms with Crippen molar-refractivity contribution >= 4 is 17.3 Å². The lowest BCUT2D eigenvalue weighted by atomic mass is 10.8. The van der Waals surface area contributed by atoms with Crippen LogP contribution in [0.25, 0.3) is 0 Å². The van der Waals surface area contributed by atoms with Gasteiger partial charge in [-0.05, 0) is 6.92 Å². The number of aromatic nitrogens is 1. The van der Waals surface area contributed by atoms with Crippen LogP contribution in [0, 0.1) is 6.92 Å². The van der Waals surface area contributed by atoms with Gasteiger partial charge < -0.3 is 4.74 Å². The molecule has 3 nitrogen and oxygen atoms in total. The van der Waals surface area contributed by atoms with E-state index in [2.05, 4.69) is 4.98 Å². The number of carbonyl (C=O) groups excluding carboxylic acids is 1. The van der Waals surface area contributed by atoms with Crippen LogP contribution >= 0.6 is 11.3 Å². The van der Waals surface area contributed by atoms with Crippen LogP contribution in [-0.2, 0) is 4.79 Å². The number of esters is 1. The monoisotopic (exact) mass is 157 g/mol. The van der Waals surface area contributed by atoms with Crippen molar-refractivity contribution in [3.05, 3.63) is 11.2 Å². The molecule has 1 heterocycles. The van der Waals surface area contributed by atoms with Gasteiger partial charge in [-0.1, -0.05) is 11.3 Å². The number of nitrogens with zero attached hydrogens (tertiary/aromatic N) is 1. The third kappa shape index (κ3) is 1.80. The molecular weight excluding hydrogens is 150 g/mol. The maximum atomic E-state index is 10.4. The number of rotatable bonds is 1. The molecule has 0 unspecified atom stereocenters. The molecule has 0 spiro atoms. The van der Waals surface area contributed by atoms with Crippen LogP contribution in [0.3, 0.4) is 0 Å². The van der Waals surface area contributed by atoms with Crippen LogP contribution in [0.5, 0.6) is 5.06 Å². The average Bonchev–Trinajstić information content (AvgIpc) is 2.13. The summed E-state index contributed by atoms with van der Waals surface area (Å²) in [5, 5.41) is 1.46. The van der Waals surface area contributed by atoms with Gasteiger partial charge in [0, 0.05) is 6.92 Å². The molecule has 0 fully saturated rings. The Bertz CT molecular complexity index is 244. The number of hydrogen-bond acceptors (Lipinski definition) is 4. The Balaban J connectivity index is 2.67. The Kier molecular flexibility index (Phi) is 2.01. The van der Waals surface area contributed by atoms with Crippen molar-refractivity contribution in [1.82, 2.24) is 4.98 Å². The number of ether oxygens (including phenoxy) is 1. The van der Waals surface area contributed by atoms with Crippen LogP contribution < -0.4 is 4.74 Å². The third-order valence-corrected chi connectivity index (χ3v) is 1.64. The molecule has 0 atom stereocenters. The highest BCUT2D eigenvalue weighted by Crippen LogP contribution is 2.19. The zero-order valence-electron chi connectivity index (χ0n) is 5.75. The molecule has 1 rings (SSSR count). The lowest BCUT2D eigenvalue weighted by Crippen LogP contribution is -1.98. The zero-order valence-corrected chi connectivity index (χ0v) is 6.57. The van der Waals surface area contributed by atoms with Crippen LogP contribution in [0.2, 0.25) is 0 Å². The molecule has 0 saturated carbocycles. The second-order valence-corrected chi connectivity index (χ2v) is 2.99. The van der Waals surface area contributed by atoms with E-state index in [9.17, 15) is 4.79 Å². The first-order chi connectivity index (χ1) is 4.68. The standard InChI is InChI=1S/C6H7NO2S/c1-4-7-3-6(10-4)9-5(2)8/h3H,1-2H3. The molecule has 0 bridgehead atoms. The largest absolute Gasteiger partial charge is 0.414 e. The summed E-state index contributed by atoms with van der Waals surface area (Å²) < 4.78 is 4.75. The van der Waals surface area contributed by atoms with E-state index in [1.807, 2.05) is 6.92 Å². The van der Waals surface area contributed by atoms with Crippen molar-refractivity contribution < 1.29 is 9.53 Å². The Morgan fingerprint density at radius 1 is 1.80 bits per heavy atom. The first kappa shape index (κ1) is 7.21. The molecule has 0 N–H and O–H groups in total. The van der Waals surface area contributed by atoms with E-state index in [1.54, 1.807) is 6.20 Å². The summed E-state index contributed by atoms with van der Waals surface area (Å²) in [6.07, 6.45) is 1.54. The lowest BCUT2D eigenvalue weighted by molar-refractivity contribution is -0.131. The lowest BCUT2D eigenvalue weighted by Gasteiger charge is -1.91. The van der Waals surface area contributed by atoms with Gasteiger partial charge in [-0.2, -0.15) is 0 Å². The van der Waals surface area contributed by atoms with Gasteiger partial charge in [0.15, 0.2) is 0 Å². The van der Waals surface area contributed by atoms with Gasteiger partial charge in [-0.25, -0.2) is 4.98 Å². The molecule has 0 radical (unpaired) electrons. The molecule has 10 heavy (non-hydrogen) atoms. The van der Waals surface area contributed by atoms with E-state index in [0.717, 1.165) is 5.01 Å². The summed E-state index contributed by atoms with van der Waals surface area (Å²) in [4.78, 5) is 14.3. The Morgan fingerprint density at radius 2 is 2.50 bits per heavy atom. The number of aryl methyl sites for hydroxylation is 1. The number of thiazole rings is 1. The van der Waals surface area contributed by atoms with Gasteiger partial charge in [0.1, 0.15) is 0 Å². The highest BCUT2D eigenvalue weighted by Gasteiger charge is 2.00. The minimum absolute atomic E-state index is 0.302. The molecular formula is C6H7NO2S. The molecule has 0 aliphatic rings. The molecule has 4 heteroatoms. The van der Waals surface area contributed by atoms with Crippen LogP contribution in [0.15, 0.2) is 6.20 Å². The highest BCUT2D eigenvalue weighted by atomic mass is 32.1. The molecule has 54 valence electrons. The summed E-state index contributed by atoms with van der Waals surface area (Å²) in [5.74, 6) is -0.302. The molecule has 1 aromatic rings. The second kappa shape index (κ2) is 2.79. The predicted octanol–water partition coefficient (Wildman–Crippen LogP) is 1.38. The quantitative estimate of drug-likeness (QED) is 0.578. The van der Waals surface area contributed by atoms with Crippen molar-refractivity contribution in [1.29, 1.82) is 0 Å². The van der Waals surface area contributed by atoms with Gasteiger partial charge in [0.05, 0.1) is 11.2 Å². The minimum atomic E-state index is -0.302. The van der Waals surface area contributed by atoms with Crippen molar-refractivity contribution in [3.63, 3.8) is 0 Å². The van der Waals surface area contributed by atoms with Crippen molar-refractivity contribution in [3.8, 4) is 5.06 Å². The SMILES string of the molecule is CC(=O)Oc1cnc(C)s1. The van der Waals surface area contributed by atoms with Crippen LogP contribution in [0.1, 0.15) is 11.9 Å². The predicted molar refractivity (Wildman–Crippen MR) is 38.2 cm³/mol. The van der Waals surface area contributed by atoms with E-state index in [0.29, 0.717) is 5.06 Å². The van der Waals surface area contributed by atoms with E-state index >= 15 is 0 Å². The van der Waals surface area contributed by atoms with E-state index in [-0.39, 0.29) is 5.97 Å². The molecule has 0 saturated heterocycles. The summed E-state index contributed by atoms with van der Waals surface area (Å²) in [7, 11) is 0. The van der Waals surface area contributed by atoms with Crippen LogP contribution in [0.4, 0.5) is 0 Å². The summed E-state index contributed by atoms with van der Waals surface area (Å²) >= 11 is 1.36. The topological polar surface area (TPSA) is 39.2 Å².